The van der Waals surface area contributed by atoms with E-state index in [0.717, 1.165) is 37.8 Å². The average molecular weight is 496 g/mol. The fraction of sp³-hybridized carbons (Fsp3) is 0.656. The Kier molecular flexibility index (Phi) is 10.2. The maximum absolute atomic E-state index is 13.4. The van der Waals surface area contributed by atoms with Gasteiger partial charge < -0.3 is 9.84 Å². The second kappa shape index (κ2) is 12.9. The summed E-state index contributed by atoms with van der Waals surface area (Å²) in [6, 6.07) is 6.22. The molecule has 0 saturated heterocycles. The van der Waals surface area contributed by atoms with Gasteiger partial charge in [0.05, 0.1) is 5.56 Å². The van der Waals surface area contributed by atoms with Crippen LogP contribution >= 0.6 is 0 Å². The molecule has 1 saturated carbocycles. The van der Waals surface area contributed by atoms with Gasteiger partial charge in [0.25, 0.3) is 0 Å². The summed E-state index contributed by atoms with van der Waals surface area (Å²) in [4.78, 5) is 15.9. The van der Waals surface area contributed by atoms with Crippen molar-refractivity contribution in [3.63, 3.8) is 0 Å². The number of carbonyl (C=O) groups is 1. The summed E-state index contributed by atoms with van der Waals surface area (Å²) < 4.78 is 6.15. The van der Waals surface area contributed by atoms with Crippen LogP contribution in [0.3, 0.4) is 0 Å². The number of ether oxygens (including phenoxy) is 1. The molecule has 4 heteroatoms. The number of phenolic OH excluding ortho intramolecular Hbond substituents is 1. The highest BCUT2D eigenvalue weighted by atomic mass is 16.5. The molecule has 0 spiro atoms. The van der Waals surface area contributed by atoms with Crippen molar-refractivity contribution < 1.29 is 14.6 Å². The zero-order chi connectivity index (χ0) is 26.4. The predicted molar refractivity (Wildman–Crippen MR) is 149 cm³/mol. The quantitative estimate of drug-likeness (QED) is 0.337. The van der Waals surface area contributed by atoms with Crippen molar-refractivity contribution in [2.24, 2.45) is 23.7 Å². The molecule has 1 unspecified atom stereocenters. The van der Waals surface area contributed by atoms with Crippen molar-refractivity contribution in [2.75, 3.05) is 6.54 Å². The van der Waals surface area contributed by atoms with Gasteiger partial charge in [-0.1, -0.05) is 51.5 Å². The fourth-order valence-electron chi connectivity index (χ4n) is 6.33. The van der Waals surface area contributed by atoms with Gasteiger partial charge in [-0.25, -0.2) is 4.79 Å². The molecule has 0 heterocycles. The number of esters is 1. The van der Waals surface area contributed by atoms with Gasteiger partial charge in [-0.05, 0) is 113 Å². The van der Waals surface area contributed by atoms with E-state index in [4.69, 9.17) is 4.74 Å². The lowest BCUT2D eigenvalue weighted by atomic mass is 9.75. The minimum absolute atomic E-state index is 0.0358. The first-order valence-corrected chi connectivity index (χ1v) is 14.2. The van der Waals surface area contributed by atoms with E-state index >= 15 is 0 Å². The average Bonchev–Trinajstić information content (AvgIpc) is 2.82. The highest BCUT2D eigenvalue weighted by molar-refractivity contribution is 5.90. The number of nitrogens with zero attached hydrogens (tertiary/aromatic N) is 1. The predicted octanol–water partition coefficient (Wildman–Crippen LogP) is 7.73. The lowest BCUT2D eigenvalue weighted by Gasteiger charge is -2.36. The van der Waals surface area contributed by atoms with Crippen LogP contribution in [-0.2, 0) is 4.74 Å². The normalized spacial score (nSPS) is 25.2. The molecule has 0 aromatic heterocycles. The van der Waals surface area contributed by atoms with E-state index in [-0.39, 0.29) is 29.7 Å². The molecule has 0 bridgehead atoms. The summed E-state index contributed by atoms with van der Waals surface area (Å²) in [5.74, 6) is 1.90. The maximum Gasteiger partial charge on any atom is 0.338 e. The van der Waals surface area contributed by atoms with Crippen molar-refractivity contribution in [2.45, 2.75) is 105 Å². The van der Waals surface area contributed by atoms with Crippen LogP contribution in [0.15, 0.2) is 42.5 Å². The minimum Gasteiger partial charge on any atom is -0.508 e. The third-order valence-corrected chi connectivity index (χ3v) is 8.44. The third-order valence-electron chi connectivity index (χ3n) is 8.44. The van der Waals surface area contributed by atoms with Crippen molar-refractivity contribution in [3.05, 3.63) is 53.6 Å². The Bertz CT molecular complexity index is 908. The van der Waals surface area contributed by atoms with Crippen molar-refractivity contribution >= 4 is 5.97 Å². The first-order valence-electron chi connectivity index (χ1n) is 14.2. The van der Waals surface area contributed by atoms with Crippen molar-refractivity contribution in [1.29, 1.82) is 0 Å². The van der Waals surface area contributed by atoms with Crippen LogP contribution in [0.1, 0.15) is 102 Å². The summed E-state index contributed by atoms with van der Waals surface area (Å²) in [6.45, 7) is 16.6. The largest absolute Gasteiger partial charge is 0.508 e. The molecule has 1 aromatic carbocycles. The number of carbonyl (C=O) groups excluding carboxylic acids is 1. The van der Waals surface area contributed by atoms with E-state index in [1.807, 2.05) is 6.07 Å². The number of allylic oxidation sites excluding steroid dienone is 4. The molecule has 5 atom stereocenters. The lowest BCUT2D eigenvalue weighted by Crippen LogP contribution is -2.38. The zero-order valence-electron chi connectivity index (χ0n) is 23.6. The fourth-order valence-corrected chi connectivity index (χ4v) is 6.33. The molecule has 3 rings (SSSR count). The Morgan fingerprint density at radius 2 is 1.81 bits per heavy atom. The number of rotatable bonds is 10. The van der Waals surface area contributed by atoms with Crippen LogP contribution in [0.4, 0.5) is 0 Å². The molecule has 1 fully saturated rings. The topological polar surface area (TPSA) is 49.8 Å². The molecule has 36 heavy (non-hydrogen) atoms. The van der Waals surface area contributed by atoms with E-state index in [1.165, 1.54) is 6.42 Å². The second-order valence-corrected chi connectivity index (χ2v) is 12.1. The van der Waals surface area contributed by atoms with Crippen LogP contribution in [-0.4, -0.2) is 40.7 Å². The van der Waals surface area contributed by atoms with Crippen LogP contribution in [0.25, 0.3) is 0 Å². The van der Waals surface area contributed by atoms with Gasteiger partial charge in [-0.2, -0.15) is 0 Å². The van der Waals surface area contributed by atoms with Crippen molar-refractivity contribution in [1.82, 2.24) is 4.90 Å². The standard InChI is InChI=1S/C32H49NO3/c1-21(2)27-15-13-24(7)19-31(27)36-32(35)26-14-16-30(34)29(20-26)28(25-11-9-8-10-12-25)17-18-33(22(3)4)23(5)6/h8-11,14,16,20-25,27-28,31,34H,12-13,15,17-19H2,1-7H3/t24-,25?,27+,28+,31-/m0/s1. The number of aromatic hydroxyl groups is 1. The Morgan fingerprint density at radius 1 is 1.08 bits per heavy atom. The summed E-state index contributed by atoms with van der Waals surface area (Å²) in [5, 5.41) is 11.0. The SMILES string of the molecule is CC(C)[C@H]1CC[C@H](C)C[C@@H]1OC(=O)c1ccc(O)c([C@H](CCN(C(C)C)C(C)C)C2C=CC=CC2)c1. The molecule has 0 radical (unpaired) electrons. The lowest BCUT2D eigenvalue weighted by molar-refractivity contribution is -0.0174. The first-order chi connectivity index (χ1) is 17.1. The highest BCUT2D eigenvalue weighted by Crippen LogP contribution is 2.40. The maximum atomic E-state index is 13.4. The first kappa shape index (κ1) is 28.5. The number of hydrogen-bond donors (Lipinski definition) is 1. The van der Waals surface area contributed by atoms with Crippen LogP contribution in [0, 0.1) is 23.7 Å². The summed E-state index contributed by atoms with van der Waals surface area (Å²) in [6.07, 6.45) is 13.7. The molecule has 200 valence electrons. The third kappa shape index (κ3) is 7.25. The molecule has 2 aliphatic carbocycles. The minimum atomic E-state index is -0.259. The van der Waals surface area contributed by atoms with Gasteiger partial charge in [-0.3, -0.25) is 4.90 Å². The molecule has 2 aliphatic rings. The summed E-state index contributed by atoms with van der Waals surface area (Å²) >= 11 is 0. The molecule has 1 aromatic rings. The van der Waals surface area contributed by atoms with Gasteiger partial charge in [0, 0.05) is 12.1 Å². The van der Waals surface area contributed by atoms with E-state index in [9.17, 15) is 9.90 Å². The van der Waals surface area contributed by atoms with Gasteiger partial charge in [-0.15, -0.1) is 0 Å². The number of benzene rings is 1. The van der Waals surface area contributed by atoms with Gasteiger partial charge >= 0.3 is 5.97 Å². The van der Waals surface area contributed by atoms with E-state index in [1.54, 1.807) is 12.1 Å². The highest BCUT2D eigenvalue weighted by Gasteiger charge is 2.34. The van der Waals surface area contributed by atoms with Gasteiger partial charge in [0.2, 0.25) is 0 Å². The van der Waals surface area contributed by atoms with Crippen LogP contribution in [0.2, 0.25) is 0 Å². The van der Waals surface area contributed by atoms with E-state index in [2.05, 4.69) is 77.7 Å². The van der Waals surface area contributed by atoms with Crippen LogP contribution in [0.5, 0.6) is 5.75 Å². The molecule has 0 aliphatic heterocycles. The van der Waals surface area contributed by atoms with Gasteiger partial charge in [0.15, 0.2) is 0 Å². The van der Waals surface area contributed by atoms with Crippen molar-refractivity contribution in [3.8, 4) is 5.75 Å². The number of hydrogen-bond acceptors (Lipinski definition) is 4. The summed E-state index contributed by atoms with van der Waals surface area (Å²) in [5.41, 5.74) is 1.41. The number of phenols is 1. The van der Waals surface area contributed by atoms with Gasteiger partial charge in [0.1, 0.15) is 11.9 Å². The molecule has 0 amide bonds. The Hall–Kier alpha value is -2.07. The van der Waals surface area contributed by atoms with E-state index in [0.29, 0.717) is 35.4 Å². The molecule has 4 nitrogen and oxygen atoms in total. The Labute approximate surface area is 219 Å². The Balaban J connectivity index is 1.85. The van der Waals surface area contributed by atoms with E-state index < -0.39 is 0 Å². The Morgan fingerprint density at radius 3 is 2.42 bits per heavy atom. The zero-order valence-corrected chi connectivity index (χ0v) is 23.6. The molecular weight excluding hydrogens is 446 g/mol. The summed E-state index contributed by atoms with van der Waals surface area (Å²) in [7, 11) is 0. The van der Waals surface area contributed by atoms with Crippen LogP contribution < -0.4 is 0 Å². The monoisotopic (exact) mass is 495 g/mol. The smallest absolute Gasteiger partial charge is 0.338 e. The second-order valence-electron chi connectivity index (χ2n) is 12.1. The molecular formula is C32H49NO3. The molecule has 1 N–H and O–H groups in total.